The van der Waals surface area contributed by atoms with Gasteiger partial charge in [0.15, 0.2) is 0 Å². The lowest BCUT2D eigenvalue weighted by Crippen LogP contribution is -1.86. The van der Waals surface area contributed by atoms with Gasteiger partial charge in [-0.1, -0.05) is 26.2 Å². The fraction of sp³-hybridized carbons (Fsp3) is 0.333. The van der Waals surface area contributed by atoms with E-state index in [1.807, 2.05) is 16.8 Å². The lowest BCUT2D eigenvalue weighted by Gasteiger charge is -2.01. The zero-order valence-corrected chi connectivity index (χ0v) is 15.5. The monoisotopic (exact) mass is 358 g/mol. The Hall–Kier alpha value is -1.30. The summed E-state index contributed by atoms with van der Waals surface area (Å²) >= 11 is 5.30. The number of thiazole rings is 2. The molecule has 1 aromatic carbocycles. The highest BCUT2D eigenvalue weighted by atomic mass is 32.1. The molecule has 4 rings (SSSR count). The van der Waals surface area contributed by atoms with E-state index >= 15 is 0 Å². The van der Waals surface area contributed by atoms with Gasteiger partial charge in [0.25, 0.3) is 0 Å². The van der Waals surface area contributed by atoms with Gasteiger partial charge >= 0.3 is 0 Å². The average molecular weight is 359 g/mol. The van der Waals surface area contributed by atoms with Crippen molar-refractivity contribution in [2.45, 2.75) is 39.0 Å². The Morgan fingerprint density at radius 2 is 1.91 bits per heavy atom. The van der Waals surface area contributed by atoms with E-state index in [2.05, 4.69) is 35.5 Å². The Morgan fingerprint density at radius 3 is 2.83 bits per heavy atom. The molecule has 0 N–H and O–H groups in total. The maximum atomic E-state index is 4.90. The van der Waals surface area contributed by atoms with Crippen molar-refractivity contribution >= 4 is 54.4 Å². The lowest BCUT2D eigenvalue weighted by atomic mass is 10.1. The van der Waals surface area contributed by atoms with Crippen LogP contribution >= 0.6 is 34.0 Å². The number of nitrogens with zero attached hydrogens (tertiary/aromatic N) is 2. The van der Waals surface area contributed by atoms with Gasteiger partial charge in [0.05, 0.1) is 30.8 Å². The molecular formula is C18H18N2S3. The van der Waals surface area contributed by atoms with E-state index in [0.29, 0.717) is 0 Å². The second kappa shape index (κ2) is 6.67. The zero-order chi connectivity index (χ0) is 15.6. The SMILES string of the molecule is CCCCCCc1ccsc1-c1nc2cc3scnc3cc2s1. The van der Waals surface area contributed by atoms with Gasteiger partial charge in [-0.15, -0.1) is 34.0 Å². The zero-order valence-electron chi connectivity index (χ0n) is 13.0. The topological polar surface area (TPSA) is 25.8 Å². The summed E-state index contributed by atoms with van der Waals surface area (Å²) in [6, 6.07) is 6.63. The van der Waals surface area contributed by atoms with Gasteiger partial charge in [-0.05, 0) is 42.0 Å². The normalized spacial score (nSPS) is 11.7. The predicted octanol–water partition coefficient (Wildman–Crippen LogP) is 6.76. The van der Waals surface area contributed by atoms with Gasteiger partial charge in [-0.25, -0.2) is 9.97 Å². The quantitative estimate of drug-likeness (QED) is 0.356. The molecule has 0 bridgehead atoms. The minimum absolute atomic E-state index is 1.09. The first-order valence-electron chi connectivity index (χ1n) is 8.05. The number of benzene rings is 1. The number of thiophene rings is 1. The van der Waals surface area contributed by atoms with Gasteiger partial charge < -0.3 is 0 Å². The number of fused-ring (bicyclic) bond motifs is 2. The molecule has 0 aliphatic carbocycles. The van der Waals surface area contributed by atoms with Crippen molar-refractivity contribution in [3.63, 3.8) is 0 Å². The maximum Gasteiger partial charge on any atom is 0.134 e. The van der Waals surface area contributed by atoms with E-state index in [4.69, 9.17) is 4.98 Å². The van der Waals surface area contributed by atoms with E-state index in [-0.39, 0.29) is 0 Å². The molecule has 0 unspecified atom stereocenters. The van der Waals surface area contributed by atoms with E-state index < -0.39 is 0 Å². The van der Waals surface area contributed by atoms with Crippen LogP contribution in [0.4, 0.5) is 0 Å². The van der Waals surface area contributed by atoms with Crippen molar-refractivity contribution in [1.82, 2.24) is 9.97 Å². The van der Waals surface area contributed by atoms with Crippen LogP contribution < -0.4 is 0 Å². The Morgan fingerprint density at radius 1 is 1.00 bits per heavy atom. The molecular weight excluding hydrogens is 340 g/mol. The van der Waals surface area contributed by atoms with Crippen LogP contribution in [0.25, 0.3) is 30.3 Å². The summed E-state index contributed by atoms with van der Waals surface area (Å²) in [5, 5.41) is 3.37. The molecule has 3 heterocycles. The second-order valence-corrected chi connectivity index (χ2v) is 8.58. The van der Waals surface area contributed by atoms with Crippen LogP contribution in [0.2, 0.25) is 0 Å². The molecule has 118 valence electrons. The molecule has 0 atom stereocenters. The second-order valence-electron chi connectivity index (χ2n) is 5.74. The summed E-state index contributed by atoms with van der Waals surface area (Å²) in [5.74, 6) is 0. The minimum Gasteiger partial charge on any atom is -0.245 e. The third-order valence-corrected chi connectivity index (χ3v) is 7.00. The number of aromatic nitrogens is 2. The molecule has 0 saturated heterocycles. The van der Waals surface area contributed by atoms with Crippen molar-refractivity contribution < 1.29 is 0 Å². The first-order valence-corrected chi connectivity index (χ1v) is 10.6. The Bertz CT molecular complexity index is 884. The number of aryl methyl sites for hydroxylation is 1. The minimum atomic E-state index is 1.09. The van der Waals surface area contributed by atoms with Crippen molar-refractivity contribution in [2.24, 2.45) is 0 Å². The number of rotatable bonds is 6. The van der Waals surface area contributed by atoms with Gasteiger partial charge in [0, 0.05) is 0 Å². The molecule has 0 spiro atoms. The van der Waals surface area contributed by atoms with Crippen LogP contribution in [-0.2, 0) is 6.42 Å². The summed E-state index contributed by atoms with van der Waals surface area (Å²) in [7, 11) is 0. The summed E-state index contributed by atoms with van der Waals surface area (Å²) in [6.45, 7) is 2.26. The van der Waals surface area contributed by atoms with Gasteiger partial charge in [0.2, 0.25) is 0 Å². The standard InChI is InChI=1S/C18H18N2S3/c1-2-3-4-5-6-12-7-8-21-17(12)18-20-14-10-15-13(19-11-22-15)9-16(14)23-18/h7-11H,2-6H2,1H3. The number of unbranched alkanes of at least 4 members (excludes halogenated alkanes) is 3. The Balaban J connectivity index is 1.65. The van der Waals surface area contributed by atoms with Crippen LogP contribution in [0.3, 0.4) is 0 Å². The van der Waals surface area contributed by atoms with Gasteiger partial charge in [-0.2, -0.15) is 0 Å². The van der Waals surface area contributed by atoms with Crippen molar-refractivity contribution in [3.8, 4) is 9.88 Å². The molecule has 0 aliphatic heterocycles. The molecule has 5 heteroatoms. The van der Waals surface area contributed by atoms with Crippen molar-refractivity contribution in [2.75, 3.05) is 0 Å². The first-order chi connectivity index (χ1) is 11.3. The fourth-order valence-electron chi connectivity index (χ4n) is 2.84. The lowest BCUT2D eigenvalue weighted by molar-refractivity contribution is 0.668. The largest absolute Gasteiger partial charge is 0.245 e. The molecule has 0 amide bonds. The molecule has 0 fully saturated rings. The highest BCUT2D eigenvalue weighted by molar-refractivity contribution is 7.25. The van der Waals surface area contributed by atoms with E-state index in [0.717, 1.165) is 16.0 Å². The van der Waals surface area contributed by atoms with E-state index in [1.54, 1.807) is 22.7 Å². The molecule has 2 nitrogen and oxygen atoms in total. The van der Waals surface area contributed by atoms with Crippen LogP contribution in [0.5, 0.6) is 0 Å². The van der Waals surface area contributed by atoms with Crippen LogP contribution in [0.15, 0.2) is 29.1 Å². The summed E-state index contributed by atoms with van der Waals surface area (Å²) in [6.07, 6.45) is 6.41. The fourth-order valence-corrected chi connectivity index (χ4v) is 5.59. The maximum absolute atomic E-state index is 4.90. The van der Waals surface area contributed by atoms with Crippen molar-refractivity contribution in [3.05, 3.63) is 34.7 Å². The third kappa shape index (κ3) is 3.05. The summed E-state index contributed by atoms with van der Waals surface area (Å²) in [4.78, 5) is 10.7. The van der Waals surface area contributed by atoms with Crippen LogP contribution in [-0.4, -0.2) is 9.97 Å². The van der Waals surface area contributed by atoms with Crippen molar-refractivity contribution in [1.29, 1.82) is 0 Å². The molecule has 0 radical (unpaired) electrons. The highest BCUT2D eigenvalue weighted by Crippen LogP contribution is 2.37. The Kier molecular flexibility index (Phi) is 4.42. The smallest absolute Gasteiger partial charge is 0.134 e. The van der Waals surface area contributed by atoms with Gasteiger partial charge in [-0.3, -0.25) is 0 Å². The molecule has 4 aromatic rings. The Labute approximate surface area is 147 Å². The highest BCUT2D eigenvalue weighted by Gasteiger charge is 2.13. The van der Waals surface area contributed by atoms with E-state index in [1.165, 1.54) is 51.9 Å². The predicted molar refractivity (Wildman–Crippen MR) is 104 cm³/mol. The molecule has 3 aromatic heterocycles. The van der Waals surface area contributed by atoms with Gasteiger partial charge in [0.1, 0.15) is 5.01 Å². The molecule has 0 saturated carbocycles. The molecule has 0 aliphatic rings. The summed E-state index contributed by atoms with van der Waals surface area (Å²) < 4.78 is 2.46. The summed E-state index contributed by atoms with van der Waals surface area (Å²) in [5.41, 5.74) is 5.56. The first kappa shape index (κ1) is 15.2. The number of hydrogen-bond acceptors (Lipinski definition) is 5. The molecule has 23 heavy (non-hydrogen) atoms. The average Bonchev–Trinajstić information content (AvgIpc) is 3.26. The van der Waals surface area contributed by atoms with Crippen LogP contribution in [0.1, 0.15) is 38.2 Å². The van der Waals surface area contributed by atoms with E-state index in [9.17, 15) is 0 Å². The third-order valence-electron chi connectivity index (χ3n) is 4.08. The number of hydrogen-bond donors (Lipinski definition) is 0. The van der Waals surface area contributed by atoms with Crippen LogP contribution in [0, 0.1) is 0 Å².